The molecule has 1 aromatic rings. The highest BCUT2D eigenvalue weighted by Gasteiger charge is 2.52. The molecule has 2 N–H and O–H groups in total. The number of hydrogen-bond donors (Lipinski definition) is 2. The van der Waals surface area contributed by atoms with Crippen molar-refractivity contribution in [3.05, 3.63) is 35.4 Å². The van der Waals surface area contributed by atoms with Crippen molar-refractivity contribution in [2.45, 2.75) is 63.8 Å². The van der Waals surface area contributed by atoms with Crippen molar-refractivity contribution in [2.75, 3.05) is 0 Å². The molecule has 0 radical (unpaired) electrons. The molecule has 6 heteroatoms. The standard InChI is InChI=1S/C19H25N3O3/c1-2-3-7-14-8-10-15(11-9-14)16(23)21-22-17(24)19(20-18(22)25)12-5-4-6-13-19/h8-11H,2-7,12-13H2,1H3,(H,20,25)(H,21,23). The SMILES string of the molecule is CCCCc1ccc(C(=O)NN2C(=O)NC3(CCCCC3)C2=O)cc1. The van der Waals surface area contributed by atoms with E-state index in [1.54, 1.807) is 12.1 Å². The summed E-state index contributed by atoms with van der Waals surface area (Å²) in [5.74, 6) is -0.788. The third kappa shape index (κ3) is 3.52. The van der Waals surface area contributed by atoms with E-state index in [0.29, 0.717) is 18.4 Å². The second kappa shape index (κ2) is 7.25. The van der Waals surface area contributed by atoms with Gasteiger partial charge in [-0.3, -0.25) is 15.0 Å². The molecule has 1 saturated heterocycles. The summed E-state index contributed by atoms with van der Waals surface area (Å²) in [6.45, 7) is 2.14. The number of urea groups is 1. The van der Waals surface area contributed by atoms with Gasteiger partial charge in [-0.2, -0.15) is 5.01 Å². The molecule has 134 valence electrons. The molecule has 0 aromatic heterocycles. The van der Waals surface area contributed by atoms with Crippen LogP contribution in [-0.2, 0) is 11.2 Å². The van der Waals surface area contributed by atoms with Crippen LogP contribution in [0.15, 0.2) is 24.3 Å². The fraction of sp³-hybridized carbons (Fsp3) is 0.526. The van der Waals surface area contributed by atoms with E-state index in [-0.39, 0.29) is 5.91 Å². The van der Waals surface area contributed by atoms with Crippen molar-refractivity contribution in [3.8, 4) is 0 Å². The number of carbonyl (C=O) groups is 3. The van der Waals surface area contributed by atoms with Crippen LogP contribution in [-0.4, -0.2) is 28.4 Å². The summed E-state index contributed by atoms with van der Waals surface area (Å²) in [4.78, 5) is 37.2. The topological polar surface area (TPSA) is 78.5 Å². The van der Waals surface area contributed by atoms with Crippen LogP contribution in [0.1, 0.15) is 67.8 Å². The molecular weight excluding hydrogens is 318 g/mol. The number of aryl methyl sites for hydroxylation is 1. The van der Waals surface area contributed by atoms with Crippen LogP contribution in [0.4, 0.5) is 4.79 Å². The number of amides is 4. The van der Waals surface area contributed by atoms with E-state index in [0.717, 1.165) is 43.5 Å². The van der Waals surface area contributed by atoms with E-state index in [2.05, 4.69) is 17.7 Å². The van der Waals surface area contributed by atoms with Crippen LogP contribution >= 0.6 is 0 Å². The molecule has 6 nitrogen and oxygen atoms in total. The third-order valence-electron chi connectivity index (χ3n) is 5.12. The molecule has 25 heavy (non-hydrogen) atoms. The first-order valence-electron chi connectivity index (χ1n) is 9.12. The number of benzene rings is 1. The molecular formula is C19H25N3O3. The summed E-state index contributed by atoms with van der Waals surface area (Å²) in [5.41, 5.74) is 3.25. The average molecular weight is 343 g/mol. The van der Waals surface area contributed by atoms with E-state index in [9.17, 15) is 14.4 Å². The van der Waals surface area contributed by atoms with Crippen molar-refractivity contribution < 1.29 is 14.4 Å². The second-order valence-corrected chi connectivity index (χ2v) is 6.95. The van der Waals surface area contributed by atoms with Gasteiger partial charge in [-0.1, -0.05) is 44.7 Å². The minimum atomic E-state index is -0.827. The van der Waals surface area contributed by atoms with Crippen LogP contribution in [0, 0.1) is 0 Å². The summed E-state index contributed by atoms with van der Waals surface area (Å²) < 4.78 is 0. The van der Waals surface area contributed by atoms with E-state index in [1.165, 1.54) is 5.56 Å². The smallest absolute Gasteiger partial charge is 0.322 e. The van der Waals surface area contributed by atoms with Gasteiger partial charge >= 0.3 is 6.03 Å². The summed E-state index contributed by atoms with van der Waals surface area (Å²) in [5, 5.41) is 3.63. The Morgan fingerprint density at radius 1 is 1.16 bits per heavy atom. The van der Waals surface area contributed by atoms with Gasteiger partial charge in [-0.15, -0.1) is 0 Å². The predicted octanol–water partition coefficient (Wildman–Crippen LogP) is 2.93. The number of rotatable bonds is 5. The lowest BCUT2D eigenvalue weighted by molar-refractivity contribution is -0.134. The molecule has 1 aromatic carbocycles. The highest BCUT2D eigenvalue weighted by molar-refractivity contribution is 6.09. The lowest BCUT2D eigenvalue weighted by Gasteiger charge is -2.30. The lowest BCUT2D eigenvalue weighted by Crippen LogP contribution is -2.50. The van der Waals surface area contributed by atoms with Crippen molar-refractivity contribution in [1.29, 1.82) is 0 Å². The average Bonchev–Trinajstić information content (AvgIpc) is 2.85. The Hall–Kier alpha value is -2.37. The molecule has 1 aliphatic carbocycles. The molecule has 2 aliphatic rings. The van der Waals surface area contributed by atoms with Crippen molar-refractivity contribution in [1.82, 2.24) is 15.8 Å². The fourth-order valence-corrected chi connectivity index (χ4v) is 3.59. The normalized spacial score (nSPS) is 19.2. The Kier molecular flexibility index (Phi) is 5.06. The van der Waals surface area contributed by atoms with Gasteiger partial charge in [0.05, 0.1) is 0 Å². The summed E-state index contributed by atoms with van der Waals surface area (Å²) >= 11 is 0. The van der Waals surface area contributed by atoms with Gasteiger partial charge in [-0.05, 0) is 43.4 Å². The number of unbranched alkanes of at least 4 members (excludes halogenated alkanes) is 1. The Balaban J connectivity index is 1.66. The molecule has 0 atom stereocenters. The number of nitrogens with one attached hydrogen (secondary N) is 2. The quantitative estimate of drug-likeness (QED) is 0.807. The molecule has 3 rings (SSSR count). The fourth-order valence-electron chi connectivity index (χ4n) is 3.59. The minimum Gasteiger partial charge on any atom is -0.322 e. The van der Waals surface area contributed by atoms with E-state index in [4.69, 9.17) is 0 Å². The first-order valence-corrected chi connectivity index (χ1v) is 9.12. The Morgan fingerprint density at radius 2 is 1.84 bits per heavy atom. The van der Waals surface area contributed by atoms with Gasteiger partial charge in [0.2, 0.25) is 0 Å². The number of nitrogens with zero attached hydrogens (tertiary/aromatic N) is 1. The summed E-state index contributed by atoms with van der Waals surface area (Å²) in [7, 11) is 0. The van der Waals surface area contributed by atoms with Crippen LogP contribution in [0.3, 0.4) is 0 Å². The minimum absolute atomic E-state index is 0.342. The van der Waals surface area contributed by atoms with E-state index >= 15 is 0 Å². The number of hydrazine groups is 1. The lowest BCUT2D eigenvalue weighted by atomic mass is 9.82. The van der Waals surface area contributed by atoms with Crippen LogP contribution < -0.4 is 10.7 Å². The third-order valence-corrected chi connectivity index (χ3v) is 5.12. The van der Waals surface area contributed by atoms with Crippen LogP contribution in [0.25, 0.3) is 0 Å². The largest absolute Gasteiger partial charge is 0.344 e. The zero-order chi connectivity index (χ0) is 17.9. The van der Waals surface area contributed by atoms with E-state index < -0.39 is 17.5 Å². The molecule has 2 fully saturated rings. The molecule has 1 aliphatic heterocycles. The molecule has 0 bridgehead atoms. The van der Waals surface area contributed by atoms with Crippen molar-refractivity contribution in [3.63, 3.8) is 0 Å². The number of carbonyl (C=O) groups excluding carboxylic acids is 3. The van der Waals surface area contributed by atoms with Gasteiger partial charge < -0.3 is 5.32 Å². The maximum atomic E-state index is 12.7. The number of hydrogen-bond acceptors (Lipinski definition) is 3. The van der Waals surface area contributed by atoms with E-state index in [1.807, 2.05) is 12.1 Å². The van der Waals surface area contributed by atoms with Gasteiger partial charge in [0, 0.05) is 5.56 Å². The Labute approximate surface area is 147 Å². The Morgan fingerprint density at radius 3 is 2.48 bits per heavy atom. The maximum absolute atomic E-state index is 12.7. The molecule has 1 saturated carbocycles. The summed E-state index contributed by atoms with van der Waals surface area (Å²) in [6, 6.07) is 6.75. The molecule has 0 unspecified atom stereocenters. The van der Waals surface area contributed by atoms with Crippen molar-refractivity contribution >= 4 is 17.8 Å². The van der Waals surface area contributed by atoms with Gasteiger partial charge in [0.15, 0.2) is 0 Å². The zero-order valence-electron chi connectivity index (χ0n) is 14.6. The van der Waals surface area contributed by atoms with Gasteiger partial charge in [-0.25, -0.2) is 4.79 Å². The molecule has 1 heterocycles. The van der Waals surface area contributed by atoms with Crippen LogP contribution in [0.2, 0.25) is 0 Å². The molecule has 4 amide bonds. The monoisotopic (exact) mass is 343 g/mol. The van der Waals surface area contributed by atoms with Gasteiger partial charge in [0.1, 0.15) is 5.54 Å². The van der Waals surface area contributed by atoms with Gasteiger partial charge in [0.25, 0.3) is 11.8 Å². The second-order valence-electron chi connectivity index (χ2n) is 6.95. The molecule has 1 spiro atoms. The summed E-state index contributed by atoms with van der Waals surface area (Å²) in [6.07, 6.45) is 7.37. The highest BCUT2D eigenvalue weighted by Crippen LogP contribution is 2.33. The predicted molar refractivity (Wildman–Crippen MR) is 93.7 cm³/mol. The maximum Gasteiger partial charge on any atom is 0.344 e. The van der Waals surface area contributed by atoms with Crippen molar-refractivity contribution in [2.24, 2.45) is 0 Å². The Bertz CT molecular complexity index is 663. The zero-order valence-corrected chi connectivity index (χ0v) is 14.6. The first-order chi connectivity index (χ1) is 12.1. The highest BCUT2D eigenvalue weighted by atomic mass is 16.2. The first kappa shape index (κ1) is 17.5. The number of imide groups is 1. The van der Waals surface area contributed by atoms with Crippen LogP contribution in [0.5, 0.6) is 0 Å².